The highest BCUT2D eigenvalue weighted by molar-refractivity contribution is 5.87. The van der Waals surface area contributed by atoms with Crippen LogP contribution in [-0.2, 0) is 0 Å². The van der Waals surface area contributed by atoms with E-state index in [0.717, 1.165) is 30.0 Å². The van der Waals surface area contributed by atoms with Gasteiger partial charge in [0, 0.05) is 19.6 Å². The lowest BCUT2D eigenvalue weighted by molar-refractivity contribution is 0.441. The number of hydrogen-bond donors (Lipinski definition) is 1. The fourth-order valence-electron chi connectivity index (χ4n) is 2.51. The van der Waals surface area contributed by atoms with Gasteiger partial charge in [0.2, 0.25) is 0 Å². The summed E-state index contributed by atoms with van der Waals surface area (Å²) in [5.41, 5.74) is 1.41. The van der Waals surface area contributed by atoms with Gasteiger partial charge in [-0.3, -0.25) is 0 Å². The van der Waals surface area contributed by atoms with Crippen LogP contribution < -0.4 is 10.2 Å². The molecule has 1 aliphatic rings. The first kappa shape index (κ1) is 11.4. The van der Waals surface area contributed by atoms with Gasteiger partial charge in [0.25, 0.3) is 5.71 Å². The Morgan fingerprint density at radius 2 is 2.33 bits per heavy atom. The molecule has 6 heteroatoms. The third-order valence-electron chi connectivity index (χ3n) is 3.58. The number of likely N-dealkylation sites (N-methyl/N-ethyl adjacent to an activating group) is 1. The fraction of sp³-hybridized carbons (Fsp3) is 0.583. The molecule has 1 saturated heterocycles. The Morgan fingerprint density at radius 1 is 1.44 bits per heavy atom. The molecule has 3 heterocycles. The number of aromatic nitrogens is 3. The maximum absolute atomic E-state index is 5.18. The number of anilines is 1. The molecule has 1 unspecified atom stereocenters. The lowest BCUT2D eigenvalue weighted by Gasteiger charge is -2.32. The quantitative estimate of drug-likeness (QED) is 0.857. The van der Waals surface area contributed by atoms with Crippen LogP contribution in [0.2, 0.25) is 0 Å². The molecule has 0 saturated carbocycles. The van der Waals surface area contributed by atoms with Crippen LogP contribution in [0.15, 0.2) is 10.9 Å². The molecule has 0 spiro atoms. The van der Waals surface area contributed by atoms with Crippen molar-refractivity contribution in [2.75, 3.05) is 25.0 Å². The van der Waals surface area contributed by atoms with Crippen LogP contribution in [0.1, 0.15) is 18.5 Å². The van der Waals surface area contributed by atoms with Gasteiger partial charge in [-0.05, 0) is 26.3 Å². The van der Waals surface area contributed by atoms with E-state index in [2.05, 4.69) is 32.4 Å². The van der Waals surface area contributed by atoms with Gasteiger partial charge in [0.15, 0.2) is 0 Å². The summed E-state index contributed by atoms with van der Waals surface area (Å²) in [5.74, 6) is 0.910. The number of piperidine rings is 1. The molecule has 2 aromatic rings. The van der Waals surface area contributed by atoms with Gasteiger partial charge in [-0.2, -0.15) is 4.98 Å². The van der Waals surface area contributed by atoms with Crippen LogP contribution in [0.5, 0.6) is 0 Å². The number of rotatable bonds is 2. The van der Waals surface area contributed by atoms with Crippen molar-refractivity contribution in [3.8, 4) is 0 Å². The van der Waals surface area contributed by atoms with Crippen LogP contribution in [-0.4, -0.2) is 41.3 Å². The molecule has 1 aliphatic heterocycles. The predicted octanol–water partition coefficient (Wildman–Crippen LogP) is 1.11. The minimum absolute atomic E-state index is 0.464. The van der Waals surface area contributed by atoms with E-state index < -0.39 is 0 Å². The van der Waals surface area contributed by atoms with E-state index in [4.69, 9.17) is 4.52 Å². The van der Waals surface area contributed by atoms with Crippen LogP contribution >= 0.6 is 0 Å². The molecule has 0 amide bonds. The van der Waals surface area contributed by atoms with Crippen molar-refractivity contribution in [1.29, 1.82) is 0 Å². The van der Waals surface area contributed by atoms with Crippen LogP contribution in [0, 0.1) is 6.92 Å². The third kappa shape index (κ3) is 1.82. The summed E-state index contributed by atoms with van der Waals surface area (Å²) in [4.78, 5) is 10.7. The van der Waals surface area contributed by atoms with Gasteiger partial charge in [-0.1, -0.05) is 5.16 Å². The number of aryl methyl sites for hydroxylation is 1. The molecule has 2 aromatic heterocycles. The summed E-state index contributed by atoms with van der Waals surface area (Å²) in [5, 5.41) is 8.30. The Balaban J connectivity index is 1.99. The average Bonchev–Trinajstić information content (AvgIpc) is 2.81. The summed E-state index contributed by atoms with van der Waals surface area (Å²) in [6.07, 6.45) is 3.92. The predicted molar refractivity (Wildman–Crippen MR) is 68.6 cm³/mol. The fourth-order valence-corrected chi connectivity index (χ4v) is 2.51. The second kappa shape index (κ2) is 4.53. The smallest absolute Gasteiger partial charge is 0.263 e. The zero-order valence-electron chi connectivity index (χ0n) is 10.7. The van der Waals surface area contributed by atoms with Gasteiger partial charge in [0.05, 0.1) is 5.69 Å². The van der Waals surface area contributed by atoms with E-state index in [1.54, 1.807) is 0 Å². The van der Waals surface area contributed by atoms with Gasteiger partial charge >= 0.3 is 0 Å². The Hall–Kier alpha value is -1.69. The maximum atomic E-state index is 5.18. The number of fused-ring (bicyclic) bond motifs is 1. The molecule has 3 rings (SSSR count). The van der Waals surface area contributed by atoms with Crippen LogP contribution in [0.25, 0.3) is 11.1 Å². The van der Waals surface area contributed by atoms with Crippen molar-refractivity contribution >= 4 is 16.9 Å². The summed E-state index contributed by atoms with van der Waals surface area (Å²) in [7, 11) is 2.08. The van der Waals surface area contributed by atoms with E-state index in [1.807, 2.05) is 6.92 Å². The molecule has 0 aromatic carbocycles. The highest BCUT2D eigenvalue weighted by Gasteiger charge is 2.22. The van der Waals surface area contributed by atoms with E-state index in [-0.39, 0.29) is 0 Å². The monoisotopic (exact) mass is 247 g/mol. The lowest BCUT2D eigenvalue weighted by atomic mass is 10.1. The van der Waals surface area contributed by atoms with E-state index >= 15 is 0 Å². The Labute approximate surface area is 105 Å². The highest BCUT2D eigenvalue weighted by atomic mass is 16.5. The highest BCUT2D eigenvalue weighted by Crippen LogP contribution is 2.27. The van der Waals surface area contributed by atoms with Crippen molar-refractivity contribution in [1.82, 2.24) is 20.4 Å². The first-order chi connectivity index (χ1) is 8.77. The van der Waals surface area contributed by atoms with Gasteiger partial charge in [0.1, 0.15) is 17.5 Å². The Kier molecular flexibility index (Phi) is 2.87. The number of hydrogen-bond acceptors (Lipinski definition) is 6. The zero-order valence-corrected chi connectivity index (χ0v) is 10.7. The zero-order chi connectivity index (χ0) is 12.5. The second-order valence-corrected chi connectivity index (χ2v) is 4.76. The molecular weight excluding hydrogens is 230 g/mol. The largest absolute Gasteiger partial charge is 0.355 e. The topological polar surface area (TPSA) is 67.1 Å². The molecule has 0 bridgehead atoms. The molecule has 0 aliphatic carbocycles. The van der Waals surface area contributed by atoms with E-state index in [0.29, 0.717) is 11.8 Å². The first-order valence-electron chi connectivity index (χ1n) is 6.28. The molecule has 0 radical (unpaired) electrons. The van der Waals surface area contributed by atoms with Crippen molar-refractivity contribution < 1.29 is 4.52 Å². The maximum Gasteiger partial charge on any atom is 0.263 e. The number of nitrogens with one attached hydrogen (secondary N) is 1. The van der Waals surface area contributed by atoms with Crippen molar-refractivity contribution in [3.05, 3.63) is 12.0 Å². The lowest BCUT2D eigenvalue weighted by Crippen LogP contribution is -2.44. The third-order valence-corrected chi connectivity index (χ3v) is 3.58. The molecule has 6 nitrogen and oxygen atoms in total. The summed E-state index contributed by atoms with van der Waals surface area (Å²) < 4.78 is 5.18. The molecule has 18 heavy (non-hydrogen) atoms. The summed E-state index contributed by atoms with van der Waals surface area (Å²) in [6.45, 7) is 4.02. The summed E-state index contributed by atoms with van der Waals surface area (Å²) in [6, 6.07) is 0.464. The standard InChI is InChI=1S/C12H17N5O/c1-8-10-11(14-7-15-12(10)18-16-8)17(2)9-4-3-5-13-6-9/h7,9,13H,3-6H2,1-2H3. The first-order valence-corrected chi connectivity index (χ1v) is 6.28. The molecular formula is C12H17N5O. The Bertz CT molecular complexity index is 546. The van der Waals surface area contributed by atoms with Gasteiger partial charge in [-0.15, -0.1) is 0 Å². The molecule has 1 atom stereocenters. The Morgan fingerprint density at radius 3 is 3.11 bits per heavy atom. The van der Waals surface area contributed by atoms with Crippen LogP contribution in [0.3, 0.4) is 0 Å². The molecule has 1 fully saturated rings. The van der Waals surface area contributed by atoms with E-state index in [1.165, 1.54) is 19.2 Å². The SMILES string of the molecule is Cc1noc2ncnc(N(C)C3CCCNC3)c12. The van der Waals surface area contributed by atoms with Gasteiger partial charge < -0.3 is 14.7 Å². The van der Waals surface area contributed by atoms with Crippen LogP contribution in [0.4, 0.5) is 5.82 Å². The average molecular weight is 247 g/mol. The second-order valence-electron chi connectivity index (χ2n) is 4.76. The van der Waals surface area contributed by atoms with Crippen molar-refractivity contribution in [3.63, 3.8) is 0 Å². The molecule has 1 N–H and O–H groups in total. The molecule has 96 valence electrons. The van der Waals surface area contributed by atoms with Crippen molar-refractivity contribution in [2.24, 2.45) is 0 Å². The van der Waals surface area contributed by atoms with E-state index in [9.17, 15) is 0 Å². The van der Waals surface area contributed by atoms with Gasteiger partial charge in [-0.25, -0.2) is 4.98 Å². The number of nitrogens with zero attached hydrogens (tertiary/aromatic N) is 4. The summed E-state index contributed by atoms with van der Waals surface area (Å²) >= 11 is 0. The minimum atomic E-state index is 0.464. The minimum Gasteiger partial charge on any atom is -0.355 e. The van der Waals surface area contributed by atoms with Crippen molar-refractivity contribution in [2.45, 2.75) is 25.8 Å². The normalized spacial score (nSPS) is 20.2.